The summed E-state index contributed by atoms with van der Waals surface area (Å²) in [6, 6.07) is 12.4. The number of carbonyl (C=O) groups is 1. The van der Waals surface area contributed by atoms with Gasteiger partial charge >= 0.3 is 0 Å². The van der Waals surface area contributed by atoms with Gasteiger partial charge in [0.05, 0.1) is 10.6 Å². The fraction of sp³-hybridized carbons (Fsp3) is 0.167. The van der Waals surface area contributed by atoms with Gasteiger partial charge in [-0.05, 0) is 59.5 Å². The molecule has 0 aliphatic carbocycles. The minimum Gasteiger partial charge on any atom is -0.321 e. The monoisotopic (exact) mass is 404 g/mol. The van der Waals surface area contributed by atoms with Gasteiger partial charge in [-0.3, -0.25) is 9.10 Å². The molecule has 5 nitrogen and oxygen atoms in total. The molecule has 1 amide bonds. The number of nitrogens with zero attached hydrogens (tertiary/aromatic N) is 1. The van der Waals surface area contributed by atoms with E-state index in [0.717, 1.165) is 18.4 Å². The summed E-state index contributed by atoms with van der Waals surface area (Å²) in [5.74, 6) is -0.154. The number of nitrogens with one attached hydrogen (secondary N) is 1. The minimum absolute atomic E-state index is 0.154. The van der Waals surface area contributed by atoms with Gasteiger partial charge in [0.2, 0.25) is 0 Å². The largest absolute Gasteiger partial charge is 0.321 e. The molecule has 0 atom stereocenters. The normalized spacial score (nSPS) is 14.1. The summed E-state index contributed by atoms with van der Waals surface area (Å²) in [4.78, 5) is 12.9. The van der Waals surface area contributed by atoms with Crippen LogP contribution in [0, 0.1) is 0 Å². The Morgan fingerprint density at radius 2 is 1.88 bits per heavy atom. The predicted molar refractivity (Wildman–Crippen MR) is 106 cm³/mol. The third kappa shape index (κ3) is 3.15. The SMILES string of the molecule is O=C(Nc1ccc2c(c1)CCCN2S(=O)(=O)c1cccs1)c1cccs1. The van der Waals surface area contributed by atoms with Gasteiger partial charge in [-0.15, -0.1) is 22.7 Å². The topological polar surface area (TPSA) is 66.5 Å². The first kappa shape index (κ1) is 17.3. The van der Waals surface area contributed by atoms with Crippen molar-refractivity contribution in [3.8, 4) is 0 Å². The molecule has 3 aromatic rings. The lowest BCUT2D eigenvalue weighted by atomic mass is 10.0. The summed E-state index contributed by atoms with van der Waals surface area (Å²) in [5, 5.41) is 6.50. The van der Waals surface area contributed by atoms with Gasteiger partial charge in [-0.1, -0.05) is 12.1 Å². The van der Waals surface area contributed by atoms with Gasteiger partial charge in [-0.25, -0.2) is 8.42 Å². The van der Waals surface area contributed by atoms with Crippen molar-refractivity contribution in [3.63, 3.8) is 0 Å². The maximum atomic E-state index is 12.9. The number of rotatable bonds is 4. The van der Waals surface area contributed by atoms with E-state index < -0.39 is 10.0 Å². The Bertz CT molecular complexity index is 1030. The molecule has 8 heteroatoms. The molecule has 1 aromatic carbocycles. The predicted octanol–water partition coefficient (Wildman–Crippen LogP) is 4.20. The number of amides is 1. The first-order chi connectivity index (χ1) is 12.6. The van der Waals surface area contributed by atoms with E-state index in [1.165, 1.54) is 27.0 Å². The van der Waals surface area contributed by atoms with Crippen molar-refractivity contribution < 1.29 is 13.2 Å². The lowest BCUT2D eigenvalue weighted by Crippen LogP contribution is -2.35. The van der Waals surface area contributed by atoms with E-state index in [2.05, 4.69) is 5.32 Å². The van der Waals surface area contributed by atoms with Gasteiger partial charge in [0.15, 0.2) is 0 Å². The molecular formula is C18H16N2O3S3. The average molecular weight is 405 g/mol. The highest BCUT2D eigenvalue weighted by molar-refractivity contribution is 7.94. The Kier molecular flexibility index (Phi) is 4.56. The van der Waals surface area contributed by atoms with Gasteiger partial charge in [0.25, 0.3) is 15.9 Å². The summed E-state index contributed by atoms with van der Waals surface area (Å²) in [5.41, 5.74) is 2.30. The van der Waals surface area contributed by atoms with Gasteiger partial charge in [0.1, 0.15) is 4.21 Å². The molecular weight excluding hydrogens is 388 g/mol. The van der Waals surface area contributed by atoms with E-state index in [1.54, 1.807) is 35.7 Å². The van der Waals surface area contributed by atoms with Crippen LogP contribution in [0.1, 0.15) is 21.7 Å². The number of benzene rings is 1. The summed E-state index contributed by atoms with van der Waals surface area (Å²) in [6.07, 6.45) is 1.54. The number of hydrogen-bond donors (Lipinski definition) is 1. The van der Waals surface area contributed by atoms with Crippen LogP contribution in [0.3, 0.4) is 0 Å². The van der Waals surface area contributed by atoms with E-state index in [1.807, 2.05) is 17.5 Å². The van der Waals surface area contributed by atoms with E-state index >= 15 is 0 Å². The van der Waals surface area contributed by atoms with Crippen molar-refractivity contribution in [2.45, 2.75) is 17.1 Å². The fourth-order valence-corrected chi connectivity index (χ4v) is 6.27. The molecule has 1 aliphatic heterocycles. The Hall–Kier alpha value is -2.16. The van der Waals surface area contributed by atoms with Crippen LogP contribution in [0.4, 0.5) is 11.4 Å². The maximum Gasteiger partial charge on any atom is 0.273 e. The highest BCUT2D eigenvalue weighted by Gasteiger charge is 2.29. The van der Waals surface area contributed by atoms with Crippen molar-refractivity contribution in [2.75, 3.05) is 16.2 Å². The van der Waals surface area contributed by atoms with Gasteiger partial charge in [-0.2, -0.15) is 0 Å². The van der Waals surface area contributed by atoms with Crippen molar-refractivity contribution in [1.82, 2.24) is 0 Å². The number of aryl methyl sites for hydroxylation is 1. The zero-order chi connectivity index (χ0) is 18.1. The standard InChI is InChI=1S/C18H16N2O3S3/c21-18(16-5-2-10-24-16)19-14-7-8-15-13(12-14)4-1-9-20(15)26(22,23)17-6-3-11-25-17/h2-3,5-8,10-12H,1,4,9H2,(H,19,21). The molecule has 0 radical (unpaired) electrons. The van der Waals surface area contributed by atoms with Crippen molar-refractivity contribution in [2.24, 2.45) is 0 Å². The summed E-state index contributed by atoms with van der Waals surface area (Å²) < 4.78 is 27.6. The quantitative estimate of drug-likeness (QED) is 0.709. The average Bonchev–Trinajstić information content (AvgIpc) is 3.34. The van der Waals surface area contributed by atoms with Crippen molar-refractivity contribution in [3.05, 3.63) is 63.7 Å². The highest BCUT2D eigenvalue weighted by atomic mass is 32.2. The third-order valence-electron chi connectivity index (χ3n) is 4.20. The molecule has 1 aliphatic rings. The number of sulfonamides is 1. The van der Waals surface area contributed by atoms with E-state index in [9.17, 15) is 13.2 Å². The molecule has 4 rings (SSSR count). The first-order valence-corrected chi connectivity index (χ1v) is 11.3. The fourth-order valence-electron chi connectivity index (χ4n) is 3.01. The second-order valence-electron chi connectivity index (χ2n) is 5.89. The Morgan fingerprint density at radius 1 is 1.08 bits per heavy atom. The molecule has 0 bridgehead atoms. The zero-order valence-corrected chi connectivity index (χ0v) is 16.2. The van der Waals surface area contributed by atoms with Crippen LogP contribution in [-0.2, 0) is 16.4 Å². The van der Waals surface area contributed by atoms with Crippen LogP contribution < -0.4 is 9.62 Å². The molecule has 3 heterocycles. The van der Waals surface area contributed by atoms with Crippen LogP contribution in [-0.4, -0.2) is 20.9 Å². The van der Waals surface area contributed by atoms with Crippen LogP contribution in [0.5, 0.6) is 0 Å². The Labute approximate surface area is 160 Å². The summed E-state index contributed by atoms with van der Waals surface area (Å²) >= 11 is 2.61. The van der Waals surface area contributed by atoms with E-state index in [-0.39, 0.29) is 5.91 Å². The third-order valence-corrected chi connectivity index (χ3v) is 8.25. The summed E-state index contributed by atoms with van der Waals surface area (Å²) in [6.45, 7) is 0.466. The molecule has 1 N–H and O–H groups in total. The second-order valence-corrected chi connectivity index (χ2v) is 9.87. The maximum absolute atomic E-state index is 12.9. The molecule has 0 saturated carbocycles. The molecule has 0 unspecified atom stereocenters. The van der Waals surface area contributed by atoms with Gasteiger partial charge < -0.3 is 5.32 Å². The van der Waals surface area contributed by atoms with Crippen LogP contribution >= 0.6 is 22.7 Å². The van der Waals surface area contributed by atoms with E-state index in [4.69, 9.17) is 0 Å². The number of fused-ring (bicyclic) bond motifs is 1. The second kappa shape index (κ2) is 6.86. The van der Waals surface area contributed by atoms with Crippen LogP contribution in [0.15, 0.2) is 57.4 Å². The minimum atomic E-state index is -3.54. The van der Waals surface area contributed by atoms with E-state index in [0.29, 0.717) is 27.0 Å². The van der Waals surface area contributed by atoms with Gasteiger partial charge in [0, 0.05) is 12.2 Å². The zero-order valence-electron chi connectivity index (χ0n) is 13.7. The molecule has 2 aromatic heterocycles. The molecule has 0 spiro atoms. The molecule has 134 valence electrons. The summed E-state index contributed by atoms with van der Waals surface area (Å²) in [7, 11) is -3.54. The number of anilines is 2. The van der Waals surface area contributed by atoms with Crippen LogP contribution in [0.2, 0.25) is 0 Å². The number of thiophene rings is 2. The van der Waals surface area contributed by atoms with Crippen molar-refractivity contribution >= 4 is 50.0 Å². The highest BCUT2D eigenvalue weighted by Crippen LogP contribution is 2.34. The lowest BCUT2D eigenvalue weighted by molar-refractivity contribution is 0.103. The lowest BCUT2D eigenvalue weighted by Gasteiger charge is -2.30. The molecule has 0 saturated heterocycles. The Morgan fingerprint density at radius 3 is 2.62 bits per heavy atom. The van der Waals surface area contributed by atoms with Crippen molar-refractivity contribution in [1.29, 1.82) is 0 Å². The number of hydrogen-bond acceptors (Lipinski definition) is 5. The first-order valence-electron chi connectivity index (χ1n) is 8.10. The van der Waals surface area contributed by atoms with Crippen LogP contribution in [0.25, 0.3) is 0 Å². The molecule has 0 fully saturated rings. The smallest absolute Gasteiger partial charge is 0.273 e. The number of carbonyl (C=O) groups excluding carboxylic acids is 1. The Balaban J connectivity index is 1.63. The molecule has 26 heavy (non-hydrogen) atoms.